The van der Waals surface area contributed by atoms with Gasteiger partial charge >= 0.3 is 0 Å². The molecule has 0 radical (unpaired) electrons. The van der Waals surface area contributed by atoms with E-state index in [4.69, 9.17) is 9.47 Å². The first kappa shape index (κ1) is 14.5. The minimum atomic E-state index is -0.0166. The maximum atomic E-state index is 5.77. The Kier molecular flexibility index (Phi) is 4.97. The molecule has 0 N–H and O–H groups in total. The maximum Gasteiger partial charge on any atom is 0.157 e. The van der Waals surface area contributed by atoms with Gasteiger partial charge in [0.1, 0.15) is 0 Å². The Morgan fingerprint density at radius 1 is 1.16 bits per heavy atom. The predicted octanol–water partition coefficient (Wildman–Crippen LogP) is 3.00. The summed E-state index contributed by atoms with van der Waals surface area (Å²) in [6.45, 7) is 5.76. The van der Waals surface area contributed by atoms with Gasteiger partial charge in [-0.2, -0.15) is 0 Å². The first-order valence-electron chi connectivity index (χ1n) is 7.08. The van der Waals surface area contributed by atoms with E-state index < -0.39 is 0 Å². The van der Waals surface area contributed by atoms with Gasteiger partial charge in [0.2, 0.25) is 0 Å². The largest absolute Gasteiger partial charge is 0.352 e. The first-order valence-corrected chi connectivity index (χ1v) is 7.08. The van der Waals surface area contributed by atoms with Crippen molar-refractivity contribution in [3.05, 3.63) is 35.4 Å². The molecule has 0 amide bonds. The molecule has 1 fully saturated rings. The Labute approximate surface area is 116 Å². The Balaban J connectivity index is 2.10. The highest BCUT2D eigenvalue weighted by Gasteiger charge is 2.30. The normalized spacial score (nSPS) is 25.5. The number of hydrogen-bond donors (Lipinski definition) is 0. The van der Waals surface area contributed by atoms with Crippen LogP contribution >= 0.6 is 0 Å². The molecular weight excluding hydrogens is 238 g/mol. The molecule has 19 heavy (non-hydrogen) atoms. The van der Waals surface area contributed by atoms with Gasteiger partial charge in [0.05, 0.1) is 13.2 Å². The average molecular weight is 263 g/mol. The van der Waals surface area contributed by atoms with Crippen LogP contribution in [0.25, 0.3) is 0 Å². The summed E-state index contributed by atoms with van der Waals surface area (Å²) in [4.78, 5) is 2.26. The molecule has 106 valence electrons. The van der Waals surface area contributed by atoms with Crippen molar-refractivity contribution in [3.63, 3.8) is 0 Å². The van der Waals surface area contributed by atoms with Gasteiger partial charge in [-0.05, 0) is 33.0 Å². The molecular formula is C16H25NO2. The topological polar surface area (TPSA) is 21.7 Å². The molecule has 1 aliphatic rings. The summed E-state index contributed by atoms with van der Waals surface area (Å²) in [6, 6.07) is 9.12. The summed E-state index contributed by atoms with van der Waals surface area (Å²) >= 11 is 0. The van der Waals surface area contributed by atoms with Crippen molar-refractivity contribution >= 4 is 0 Å². The molecule has 1 aromatic rings. The van der Waals surface area contributed by atoms with Crippen LogP contribution in [0, 0.1) is 12.8 Å². The molecule has 1 unspecified atom stereocenters. The fourth-order valence-corrected chi connectivity index (χ4v) is 2.73. The highest BCUT2D eigenvalue weighted by Crippen LogP contribution is 2.30. The molecule has 0 aromatic heterocycles. The SMILES string of the molecule is CCC1OCC(C(c2ccc(C)cc2)N(C)C)CO1. The van der Waals surface area contributed by atoms with Crippen molar-refractivity contribution in [2.75, 3.05) is 27.3 Å². The number of hydrogen-bond acceptors (Lipinski definition) is 3. The third-order valence-corrected chi connectivity index (χ3v) is 3.75. The van der Waals surface area contributed by atoms with E-state index in [9.17, 15) is 0 Å². The molecule has 0 bridgehead atoms. The number of nitrogens with zero attached hydrogens (tertiary/aromatic N) is 1. The Hall–Kier alpha value is -0.900. The second-order valence-electron chi connectivity index (χ2n) is 5.58. The number of ether oxygens (including phenoxy) is 2. The summed E-state index contributed by atoms with van der Waals surface area (Å²) in [5.74, 6) is 0.389. The van der Waals surface area contributed by atoms with Crippen LogP contribution < -0.4 is 0 Å². The van der Waals surface area contributed by atoms with E-state index in [1.165, 1.54) is 11.1 Å². The Morgan fingerprint density at radius 3 is 2.21 bits per heavy atom. The van der Waals surface area contributed by atoms with E-state index in [2.05, 4.69) is 57.1 Å². The molecule has 3 nitrogen and oxygen atoms in total. The van der Waals surface area contributed by atoms with Crippen molar-refractivity contribution in [2.45, 2.75) is 32.6 Å². The van der Waals surface area contributed by atoms with Crippen molar-refractivity contribution < 1.29 is 9.47 Å². The third-order valence-electron chi connectivity index (χ3n) is 3.75. The minimum absolute atomic E-state index is 0.0166. The smallest absolute Gasteiger partial charge is 0.157 e. The summed E-state index contributed by atoms with van der Waals surface area (Å²) in [6.07, 6.45) is 0.904. The lowest BCUT2D eigenvalue weighted by atomic mass is 9.92. The maximum absolute atomic E-state index is 5.77. The molecule has 1 aromatic carbocycles. The molecule has 3 heteroatoms. The van der Waals surface area contributed by atoms with E-state index in [-0.39, 0.29) is 6.29 Å². The zero-order chi connectivity index (χ0) is 13.8. The van der Waals surface area contributed by atoms with Crippen molar-refractivity contribution in [1.29, 1.82) is 0 Å². The van der Waals surface area contributed by atoms with Gasteiger partial charge in [-0.15, -0.1) is 0 Å². The van der Waals surface area contributed by atoms with Crippen LogP contribution in [0.2, 0.25) is 0 Å². The van der Waals surface area contributed by atoms with E-state index in [0.717, 1.165) is 19.6 Å². The molecule has 1 heterocycles. The van der Waals surface area contributed by atoms with Crippen LogP contribution in [0.3, 0.4) is 0 Å². The lowest BCUT2D eigenvalue weighted by molar-refractivity contribution is -0.209. The van der Waals surface area contributed by atoms with Gasteiger partial charge in [-0.3, -0.25) is 0 Å². The molecule has 1 saturated heterocycles. The fourth-order valence-electron chi connectivity index (χ4n) is 2.73. The average Bonchev–Trinajstić information content (AvgIpc) is 2.42. The van der Waals surface area contributed by atoms with Gasteiger partial charge in [0, 0.05) is 12.0 Å². The van der Waals surface area contributed by atoms with Crippen molar-refractivity contribution in [1.82, 2.24) is 4.90 Å². The summed E-state index contributed by atoms with van der Waals surface area (Å²) in [7, 11) is 4.24. The van der Waals surface area contributed by atoms with Gasteiger partial charge in [-0.25, -0.2) is 0 Å². The molecule has 1 atom stereocenters. The van der Waals surface area contributed by atoms with Crippen LogP contribution in [0.15, 0.2) is 24.3 Å². The van der Waals surface area contributed by atoms with Gasteiger partial charge in [-0.1, -0.05) is 36.8 Å². The second kappa shape index (κ2) is 6.51. The lowest BCUT2D eigenvalue weighted by Crippen LogP contribution is -2.39. The molecule has 2 rings (SSSR count). The van der Waals surface area contributed by atoms with E-state index in [0.29, 0.717) is 12.0 Å². The zero-order valence-electron chi connectivity index (χ0n) is 12.4. The van der Waals surface area contributed by atoms with Crippen LogP contribution in [0.4, 0.5) is 0 Å². The molecule has 0 aliphatic carbocycles. The Bertz CT molecular complexity index is 380. The molecule has 1 aliphatic heterocycles. The van der Waals surface area contributed by atoms with Crippen LogP contribution in [-0.2, 0) is 9.47 Å². The minimum Gasteiger partial charge on any atom is -0.352 e. The van der Waals surface area contributed by atoms with E-state index in [1.54, 1.807) is 0 Å². The van der Waals surface area contributed by atoms with Gasteiger partial charge in [0.15, 0.2) is 6.29 Å². The first-order chi connectivity index (χ1) is 9.11. The van der Waals surface area contributed by atoms with Gasteiger partial charge < -0.3 is 14.4 Å². The zero-order valence-corrected chi connectivity index (χ0v) is 12.4. The van der Waals surface area contributed by atoms with Crippen molar-refractivity contribution in [3.8, 4) is 0 Å². The summed E-state index contributed by atoms with van der Waals surface area (Å²) < 4.78 is 11.5. The standard InChI is InChI=1S/C16H25NO2/c1-5-15-18-10-14(11-19-15)16(17(3)4)13-8-6-12(2)7-9-13/h6-9,14-16H,5,10-11H2,1-4H3. The van der Waals surface area contributed by atoms with E-state index in [1.807, 2.05) is 0 Å². The lowest BCUT2D eigenvalue weighted by Gasteiger charge is -2.37. The molecule has 0 saturated carbocycles. The highest BCUT2D eigenvalue weighted by atomic mass is 16.7. The van der Waals surface area contributed by atoms with Crippen LogP contribution in [0.1, 0.15) is 30.5 Å². The van der Waals surface area contributed by atoms with E-state index >= 15 is 0 Å². The quantitative estimate of drug-likeness (QED) is 0.833. The van der Waals surface area contributed by atoms with Gasteiger partial charge in [0.25, 0.3) is 0 Å². The highest BCUT2D eigenvalue weighted by molar-refractivity contribution is 5.24. The third kappa shape index (κ3) is 3.56. The number of benzene rings is 1. The van der Waals surface area contributed by atoms with Crippen LogP contribution in [-0.4, -0.2) is 38.5 Å². The monoisotopic (exact) mass is 263 g/mol. The number of aryl methyl sites for hydroxylation is 1. The van der Waals surface area contributed by atoms with Crippen LogP contribution in [0.5, 0.6) is 0 Å². The fraction of sp³-hybridized carbons (Fsp3) is 0.625. The number of rotatable bonds is 4. The summed E-state index contributed by atoms with van der Waals surface area (Å²) in [5.41, 5.74) is 2.63. The molecule has 0 spiro atoms. The van der Waals surface area contributed by atoms with Crippen molar-refractivity contribution in [2.24, 2.45) is 5.92 Å². The summed E-state index contributed by atoms with van der Waals surface area (Å²) in [5, 5.41) is 0. The predicted molar refractivity (Wildman–Crippen MR) is 77.1 cm³/mol. The second-order valence-corrected chi connectivity index (χ2v) is 5.58. The Morgan fingerprint density at radius 2 is 1.74 bits per heavy atom.